The summed E-state index contributed by atoms with van der Waals surface area (Å²) in [5.74, 6) is 0.498. The van der Waals surface area contributed by atoms with Gasteiger partial charge in [0, 0.05) is 25.0 Å². The van der Waals surface area contributed by atoms with Crippen LogP contribution in [0.5, 0.6) is 0 Å². The predicted molar refractivity (Wildman–Crippen MR) is 74.5 cm³/mol. The molecule has 0 aliphatic heterocycles. The summed E-state index contributed by atoms with van der Waals surface area (Å²) < 4.78 is 13.3. The first-order valence-electron chi connectivity index (χ1n) is 6.75. The molecule has 1 aliphatic rings. The largest absolute Gasteiger partial charge is 0.295 e. The van der Waals surface area contributed by atoms with E-state index in [2.05, 4.69) is 4.90 Å². The number of aryl methyl sites for hydroxylation is 1. The van der Waals surface area contributed by atoms with Crippen LogP contribution in [0.3, 0.4) is 0 Å². The fourth-order valence-electron chi connectivity index (χ4n) is 2.80. The van der Waals surface area contributed by atoms with Gasteiger partial charge in [-0.15, -0.1) is 11.6 Å². The van der Waals surface area contributed by atoms with E-state index in [1.807, 2.05) is 13.0 Å². The van der Waals surface area contributed by atoms with Crippen LogP contribution in [0.25, 0.3) is 0 Å². The Bertz CT molecular complexity index is 388. The molecule has 1 aliphatic carbocycles. The zero-order valence-electron chi connectivity index (χ0n) is 11.0. The van der Waals surface area contributed by atoms with Gasteiger partial charge in [0.2, 0.25) is 0 Å². The number of rotatable bonds is 5. The highest BCUT2D eigenvalue weighted by atomic mass is 35.5. The van der Waals surface area contributed by atoms with Gasteiger partial charge in [-0.25, -0.2) is 4.39 Å². The third-order valence-corrected chi connectivity index (χ3v) is 4.07. The Balaban J connectivity index is 2.09. The van der Waals surface area contributed by atoms with E-state index in [1.165, 1.54) is 31.7 Å². The van der Waals surface area contributed by atoms with Crippen LogP contribution in [-0.4, -0.2) is 23.4 Å². The molecular formula is C15H21ClFN. The molecule has 1 fully saturated rings. The maximum atomic E-state index is 13.3. The van der Waals surface area contributed by atoms with Crippen LogP contribution in [0.2, 0.25) is 0 Å². The second kappa shape index (κ2) is 6.53. The van der Waals surface area contributed by atoms with Crippen LogP contribution < -0.4 is 0 Å². The van der Waals surface area contributed by atoms with Crippen LogP contribution in [0, 0.1) is 12.7 Å². The Morgan fingerprint density at radius 1 is 1.33 bits per heavy atom. The Morgan fingerprint density at radius 3 is 2.72 bits per heavy atom. The first-order chi connectivity index (χ1) is 8.70. The van der Waals surface area contributed by atoms with Gasteiger partial charge in [-0.3, -0.25) is 4.90 Å². The van der Waals surface area contributed by atoms with Crippen molar-refractivity contribution in [1.82, 2.24) is 4.90 Å². The van der Waals surface area contributed by atoms with Crippen molar-refractivity contribution in [1.29, 1.82) is 0 Å². The highest BCUT2D eigenvalue weighted by molar-refractivity contribution is 6.18. The van der Waals surface area contributed by atoms with Crippen molar-refractivity contribution in [2.45, 2.75) is 45.2 Å². The molecule has 0 spiro atoms. The fraction of sp³-hybridized carbons (Fsp3) is 0.600. The third kappa shape index (κ3) is 3.46. The lowest BCUT2D eigenvalue weighted by atomic mass is 10.1. The second-order valence-electron chi connectivity index (χ2n) is 5.17. The van der Waals surface area contributed by atoms with Gasteiger partial charge >= 0.3 is 0 Å². The molecule has 3 heteroatoms. The van der Waals surface area contributed by atoms with Gasteiger partial charge in [-0.1, -0.05) is 18.9 Å². The first kappa shape index (κ1) is 13.8. The monoisotopic (exact) mass is 269 g/mol. The highest BCUT2D eigenvalue weighted by Gasteiger charge is 2.22. The van der Waals surface area contributed by atoms with Gasteiger partial charge in [0.15, 0.2) is 0 Å². The van der Waals surface area contributed by atoms with Crippen molar-refractivity contribution in [3.05, 3.63) is 35.1 Å². The molecule has 0 N–H and O–H groups in total. The molecule has 0 heterocycles. The van der Waals surface area contributed by atoms with Crippen molar-refractivity contribution in [2.75, 3.05) is 12.4 Å². The third-order valence-electron chi connectivity index (χ3n) is 3.90. The number of nitrogens with zero attached hydrogens (tertiary/aromatic N) is 1. The number of benzene rings is 1. The van der Waals surface area contributed by atoms with Gasteiger partial charge < -0.3 is 0 Å². The van der Waals surface area contributed by atoms with Gasteiger partial charge in [0.25, 0.3) is 0 Å². The minimum atomic E-state index is -0.146. The average Bonchev–Trinajstić information content (AvgIpc) is 2.87. The van der Waals surface area contributed by atoms with E-state index in [0.29, 0.717) is 11.9 Å². The van der Waals surface area contributed by atoms with Crippen LogP contribution in [-0.2, 0) is 6.54 Å². The fourth-order valence-corrected chi connectivity index (χ4v) is 3.01. The zero-order valence-corrected chi connectivity index (χ0v) is 11.7. The van der Waals surface area contributed by atoms with E-state index in [-0.39, 0.29) is 5.82 Å². The number of alkyl halides is 1. The van der Waals surface area contributed by atoms with Crippen LogP contribution in [0.1, 0.15) is 36.8 Å². The lowest BCUT2D eigenvalue weighted by Gasteiger charge is -2.28. The molecular weight excluding hydrogens is 249 g/mol. The minimum Gasteiger partial charge on any atom is -0.295 e. The topological polar surface area (TPSA) is 3.24 Å². The van der Waals surface area contributed by atoms with Crippen molar-refractivity contribution in [3.63, 3.8) is 0 Å². The molecule has 1 aromatic carbocycles. The molecule has 0 aromatic heterocycles. The maximum absolute atomic E-state index is 13.3. The normalized spacial score (nSPS) is 16.7. The SMILES string of the molecule is Cc1ccc(F)cc1CN(CCCl)C1CCCC1. The highest BCUT2D eigenvalue weighted by Crippen LogP contribution is 2.25. The molecule has 1 aromatic rings. The molecule has 2 rings (SSSR count). The number of hydrogen-bond donors (Lipinski definition) is 0. The summed E-state index contributed by atoms with van der Waals surface area (Å²) >= 11 is 5.90. The van der Waals surface area contributed by atoms with Crippen LogP contribution in [0.15, 0.2) is 18.2 Å². The Hall–Kier alpha value is -0.600. The van der Waals surface area contributed by atoms with Crippen molar-refractivity contribution < 1.29 is 4.39 Å². The molecule has 0 radical (unpaired) electrons. The summed E-state index contributed by atoms with van der Waals surface area (Å²) in [6.07, 6.45) is 5.13. The summed E-state index contributed by atoms with van der Waals surface area (Å²) in [6, 6.07) is 5.68. The molecule has 18 heavy (non-hydrogen) atoms. The Labute approximate surface area is 114 Å². The smallest absolute Gasteiger partial charge is 0.123 e. The molecule has 0 amide bonds. The molecule has 0 bridgehead atoms. The Morgan fingerprint density at radius 2 is 2.06 bits per heavy atom. The Kier molecular flexibility index (Phi) is 5.02. The van der Waals surface area contributed by atoms with E-state index < -0.39 is 0 Å². The average molecular weight is 270 g/mol. The maximum Gasteiger partial charge on any atom is 0.123 e. The van der Waals surface area contributed by atoms with Crippen molar-refractivity contribution >= 4 is 11.6 Å². The first-order valence-corrected chi connectivity index (χ1v) is 7.29. The van der Waals surface area contributed by atoms with E-state index in [0.717, 1.165) is 24.2 Å². The van der Waals surface area contributed by atoms with E-state index in [9.17, 15) is 4.39 Å². The lowest BCUT2D eigenvalue weighted by Crippen LogP contribution is -2.34. The summed E-state index contributed by atoms with van der Waals surface area (Å²) in [7, 11) is 0. The molecule has 1 nitrogen and oxygen atoms in total. The summed E-state index contributed by atoms with van der Waals surface area (Å²) in [4.78, 5) is 2.42. The van der Waals surface area contributed by atoms with Gasteiger partial charge in [0.1, 0.15) is 5.82 Å². The summed E-state index contributed by atoms with van der Waals surface area (Å²) in [5, 5.41) is 0. The summed E-state index contributed by atoms with van der Waals surface area (Å²) in [6.45, 7) is 3.76. The summed E-state index contributed by atoms with van der Waals surface area (Å²) in [5.41, 5.74) is 2.25. The lowest BCUT2D eigenvalue weighted by molar-refractivity contribution is 0.201. The molecule has 0 saturated heterocycles. The minimum absolute atomic E-state index is 0.146. The predicted octanol–water partition coefficient (Wildman–Crippen LogP) is 4.12. The van der Waals surface area contributed by atoms with Crippen LogP contribution in [0.4, 0.5) is 4.39 Å². The van der Waals surface area contributed by atoms with Gasteiger partial charge in [-0.2, -0.15) is 0 Å². The standard InChI is InChI=1S/C15H21ClFN/c1-12-6-7-14(17)10-13(12)11-18(9-8-16)15-4-2-3-5-15/h6-7,10,15H,2-5,8-9,11H2,1H3. The molecule has 1 saturated carbocycles. The quantitative estimate of drug-likeness (QED) is 0.727. The number of hydrogen-bond acceptors (Lipinski definition) is 1. The van der Waals surface area contributed by atoms with Crippen LogP contribution >= 0.6 is 11.6 Å². The number of halogens is 2. The zero-order chi connectivity index (χ0) is 13.0. The van der Waals surface area contributed by atoms with E-state index >= 15 is 0 Å². The van der Waals surface area contributed by atoms with E-state index in [4.69, 9.17) is 11.6 Å². The molecule has 0 unspecified atom stereocenters. The second-order valence-corrected chi connectivity index (χ2v) is 5.55. The molecule has 0 atom stereocenters. The van der Waals surface area contributed by atoms with Crippen molar-refractivity contribution in [3.8, 4) is 0 Å². The molecule has 100 valence electrons. The van der Waals surface area contributed by atoms with E-state index in [1.54, 1.807) is 6.07 Å². The van der Waals surface area contributed by atoms with Gasteiger partial charge in [-0.05, 0) is 43.0 Å². The van der Waals surface area contributed by atoms with Gasteiger partial charge in [0.05, 0.1) is 0 Å². The van der Waals surface area contributed by atoms with Crippen molar-refractivity contribution in [2.24, 2.45) is 0 Å².